The maximum atomic E-state index is 9.77. The highest BCUT2D eigenvalue weighted by molar-refractivity contribution is 5.83. The van der Waals surface area contributed by atoms with Crippen molar-refractivity contribution >= 4 is 11.9 Å². The number of unbranched alkanes of at least 4 members (excludes halogenated alkanes) is 1. The van der Waals surface area contributed by atoms with Gasteiger partial charge in [-0.3, -0.25) is 0 Å². The van der Waals surface area contributed by atoms with E-state index in [-0.39, 0.29) is 0 Å². The number of carboxylic acids is 2. The first-order chi connectivity index (χ1) is 7.73. The van der Waals surface area contributed by atoms with Crippen molar-refractivity contribution in [3.05, 3.63) is 0 Å². The zero-order valence-corrected chi connectivity index (χ0v) is 10.0. The second-order valence-electron chi connectivity index (χ2n) is 3.69. The highest BCUT2D eigenvalue weighted by atomic mass is 16.4. The number of carbonyl (C=O) groups is 2. The first-order valence-electron chi connectivity index (χ1n) is 5.31. The van der Waals surface area contributed by atoms with Crippen LogP contribution >= 0.6 is 0 Å². The van der Waals surface area contributed by atoms with Gasteiger partial charge in [-0.15, -0.1) is 0 Å². The first kappa shape index (κ1) is 18.2. The Bertz CT molecular complexity index is 213. The molecular weight excluding hydrogens is 230 g/mol. The van der Waals surface area contributed by atoms with Gasteiger partial charge in [-0.1, -0.05) is 19.8 Å². The molecule has 0 aromatic carbocycles. The van der Waals surface area contributed by atoms with Crippen LogP contribution in [0.4, 0.5) is 0 Å². The summed E-state index contributed by atoms with van der Waals surface area (Å²) >= 11 is 0. The molecule has 0 radical (unpaired) electrons. The molecule has 7 nitrogen and oxygen atoms in total. The predicted molar refractivity (Wildman–Crippen MR) is 60.5 cm³/mol. The van der Waals surface area contributed by atoms with Gasteiger partial charge >= 0.3 is 11.9 Å². The smallest absolute Gasteiger partial charge is 0.335 e. The van der Waals surface area contributed by atoms with Crippen LogP contribution in [0.15, 0.2) is 0 Å². The molecule has 0 aliphatic rings. The summed E-state index contributed by atoms with van der Waals surface area (Å²) in [6.45, 7) is 4.23. The quantitative estimate of drug-likeness (QED) is 0.424. The third-order valence-corrected chi connectivity index (χ3v) is 1.82. The van der Waals surface area contributed by atoms with Gasteiger partial charge in [0.15, 0.2) is 12.2 Å². The number of aliphatic carboxylic acids is 2. The second-order valence-corrected chi connectivity index (χ2v) is 3.69. The lowest BCUT2D eigenvalue weighted by Crippen LogP contribution is -2.39. The van der Waals surface area contributed by atoms with Crippen molar-refractivity contribution < 1.29 is 30.0 Å². The zero-order chi connectivity index (χ0) is 14.0. The van der Waals surface area contributed by atoms with Crippen LogP contribution in [0.2, 0.25) is 0 Å². The van der Waals surface area contributed by atoms with E-state index in [1.807, 2.05) is 0 Å². The Kier molecular flexibility index (Phi) is 10.7. The summed E-state index contributed by atoms with van der Waals surface area (Å²) in [6.07, 6.45) is -0.814. The average molecular weight is 251 g/mol. The van der Waals surface area contributed by atoms with Crippen LogP contribution in [0.25, 0.3) is 0 Å². The maximum absolute atomic E-state index is 9.77. The number of nitrogens with two attached hydrogens (primary N) is 1. The molecule has 0 spiro atoms. The van der Waals surface area contributed by atoms with Crippen LogP contribution in [-0.4, -0.2) is 50.6 Å². The Balaban J connectivity index is 0. The molecule has 0 fully saturated rings. The van der Waals surface area contributed by atoms with Gasteiger partial charge < -0.3 is 26.2 Å². The van der Waals surface area contributed by atoms with E-state index < -0.39 is 24.1 Å². The molecule has 0 aromatic rings. The monoisotopic (exact) mass is 251 g/mol. The summed E-state index contributed by atoms with van der Waals surface area (Å²) in [5, 5.41) is 32.5. The Morgan fingerprint density at radius 1 is 1.12 bits per heavy atom. The van der Waals surface area contributed by atoms with Crippen molar-refractivity contribution in [2.24, 2.45) is 5.73 Å². The Hall–Kier alpha value is -1.18. The van der Waals surface area contributed by atoms with E-state index >= 15 is 0 Å². The molecule has 3 unspecified atom stereocenters. The van der Waals surface area contributed by atoms with E-state index in [2.05, 4.69) is 13.8 Å². The van der Waals surface area contributed by atoms with Crippen LogP contribution in [0.5, 0.6) is 0 Å². The molecule has 0 saturated carbocycles. The number of aliphatic hydroxyl groups excluding tert-OH is 2. The van der Waals surface area contributed by atoms with Crippen molar-refractivity contribution in [2.45, 2.75) is 51.4 Å². The predicted octanol–water partition coefficient (Wildman–Crippen LogP) is -0.599. The number of rotatable bonds is 6. The highest BCUT2D eigenvalue weighted by Crippen LogP contribution is 1.95. The summed E-state index contributed by atoms with van der Waals surface area (Å²) in [6, 6.07) is 0.403. The molecule has 0 bridgehead atoms. The van der Waals surface area contributed by atoms with E-state index in [0.29, 0.717) is 6.04 Å². The molecule has 3 atom stereocenters. The van der Waals surface area contributed by atoms with Gasteiger partial charge in [0, 0.05) is 6.04 Å². The fraction of sp³-hybridized carbons (Fsp3) is 0.800. The molecule has 17 heavy (non-hydrogen) atoms. The number of carboxylic acid groups (broad SMARTS) is 2. The van der Waals surface area contributed by atoms with Crippen LogP contribution in [-0.2, 0) is 9.59 Å². The van der Waals surface area contributed by atoms with Crippen molar-refractivity contribution in [3.63, 3.8) is 0 Å². The van der Waals surface area contributed by atoms with Crippen LogP contribution < -0.4 is 5.73 Å². The summed E-state index contributed by atoms with van der Waals surface area (Å²) in [7, 11) is 0. The zero-order valence-electron chi connectivity index (χ0n) is 10.0. The summed E-state index contributed by atoms with van der Waals surface area (Å²) < 4.78 is 0. The number of hydrogen-bond donors (Lipinski definition) is 5. The van der Waals surface area contributed by atoms with Gasteiger partial charge in [-0.05, 0) is 13.3 Å². The third-order valence-electron chi connectivity index (χ3n) is 1.82. The van der Waals surface area contributed by atoms with Crippen molar-refractivity contribution in [1.29, 1.82) is 0 Å². The molecule has 0 heterocycles. The Labute approximate surface area is 99.9 Å². The SMILES string of the molecule is CCCCC(C)N.O=C(O)C(O)C(O)C(=O)O. The lowest BCUT2D eigenvalue weighted by Gasteiger charge is -2.07. The molecular formula is C10H21NO6. The van der Waals surface area contributed by atoms with Gasteiger partial charge in [0.2, 0.25) is 0 Å². The van der Waals surface area contributed by atoms with E-state index in [1.54, 1.807) is 0 Å². The molecule has 0 rings (SSSR count). The molecule has 6 N–H and O–H groups in total. The minimum atomic E-state index is -2.27. The standard InChI is InChI=1S/C6H15N.C4H6O6/c1-3-4-5-6(2)7;5-1(3(7)8)2(6)4(9)10/h6H,3-5,7H2,1-2H3;1-2,5-6H,(H,7,8)(H,9,10). The lowest BCUT2D eigenvalue weighted by atomic mass is 10.2. The molecule has 7 heteroatoms. The van der Waals surface area contributed by atoms with E-state index in [0.717, 1.165) is 0 Å². The first-order valence-corrected chi connectivity index (χ1v) is 5.31. The van der Waals surface area contributed by atoms with E-state index in [9.17, 15) is 9.59 Å². The highest BCUT2D eigenvalue weighted by Gasteiger charge is 2.29. The largest absolute Gasteiger partial charge is 0.479 e. The molecule has 0 aliphatic carbocycles. The topological polar surface area (TPSA) is 141 Å². The maximum Gasteiger partial charge on any atom is 0.335 e. The summed E-state index contributed by atoms with van der Waals surface area (Å²) in [5.74, 6) is -3.54. The molecule has 0 amide bonds. The minimum absolute atomic E-state index is 0.403. The van der Waals surface area contributed by atoms with Gasteiger partial charge in [0.05, 0.1) is 0 Å². The van der Waals surface area contributed by atoms with Gasteiger partial charge in [-0.2, -0.15) is 0 Å². The van der Waals surface area contributed by atoms with Gasteiger partial charge in [-0.25, -0.2) is 9.59 Å². The van der Waals surface area contributed by atoms with Crippen LogP contribution in [0.1, 0.15) is 33.1 Å². The number of aliphatic hydroxyl groups is 2. The molecule has 0 aromatic heterocycles. The van der Waals surface area contributed by atoms with E-state index in [4.69, 9.17) is 26.2 Å². The molecule has 0 aliphatic heterocycles. The van der Waals surface area contributed by atoms with Crippen LogP contribution in [0.3, 0.4) is 0 Å². The second kappa shape index (κ2) is 10.0. The molecule has 0 saturated heterocycles. The van der Waals surface area contributed by atoms with Crippen molar-refractivity contribution in [1.82, 2.24) is 0 Å². The summed E-state index contributed by atoms with van der Waals surface area (Å²) in [4.78, 5) is 19.5. The number of hydrogen-bond acceptors (Lipinski definition) is 5. The Morgan fingerprint density at radius 3 is 1.59 bits per heavy atom. The van der Waals surface area contributed by atoms with Gasteiger partial charge in [0.1, 0.15) is 0 Å². The molecule has 102 valence electrons. The normalized spacial score (nSPS) is 15.1. The fourth-order valence-corrected chi connectivity index (χ4v) is 0.796. The van der Waals surface area contributed by atoms with Crippen molar-refractivity contribution in [3.8, 4) is 0 Å². The van der Waals surface area contributed by atoms with Crippen LogP contribution in [0, 0.1) is 0 Å². The minimum Gasteiger partial charge on any atom is -0.479 e. The lowest BCUT2D eigenvalue weighted by molar-refractivity contribution is -0.165. The summed E-state index contributed by atoms with van der Waals surface area (Å²) in [5.41, 5.74) is 5.48. The third kappa shape index (κ3) is 11.1. The van der Waals surface area contributed by atoms with E-state index in [1.165, 1.54) is 19.3 Å². The average Bonchev–Trinajstić information content (AvgIpc) is 2.24. The van der Waals surface area contributed by atoms with Gasteiger partial charge in [0.25, 0.3) is 0 Å². The Morgan fingerprint density at radius 2 is 1.47 bits per heavy atom. The van der Waals surface area contributed by atoms with Crippen molar-refractivity contribution in [2.75, 3.05) is 0 Å². The fourth-order valence-electron chi connectivity index (χ4n) is 0.796.